The van der Waals surface area contributed by atoms with Gasteiger partial charge in [-0.25, -0.2) is 0 Å². The maximum atomic E-state index is 8.10. The lowest BCUT2D eigenvalue weighted by atomic mass is 10.3. The molecule has 0 radical (unpaired) electrons. The van der Waals surface area contributed by atoms with Crippen LogP contribution in [0.3, 0.4) is 0 Å². The summed E-state index contributed by atoms with van der Waals surface area (Å²) < 4.78 is 0. The third-order valence-corrected chi connectivity index (χ3v) is 2.22. The van der Waals surface area contributed by atoms with Gasteiger partial charge in [-0.2, -0.15) is 0 Å². The quantitative estimate of drug-likeness (QED) is 0.356. The van der Waals surface area contributed by atoms with Gasteiger partial charge in [-0.15, -0.1) is 11.3 Å². The van der Waals surface area contributed by atoms with Crippen molar-refractivity contribution in [1.29, 1.82) is 0 Å². The van der Waals surface area contributed by atoms with Gasteiger partial charge < -0.3 is 0 Å². The molecule has 0 aliphatic carbocycles. The van der Waals surface area contributed by atoms with Gasteiger partial charge in [0.15, 0.2) is 0 Å². The van der Waals surface area contributed by atoms with Crippen LogP contribution in [0.4, 0.5) is 0 Å². The molecule has 3 nitrogen and oxygen atoms in total. The van der Waals surface area contributed by atoms with Gasteiger partial charge in [0.2, 0.25) is 0 Å². The standard InChI is InChI=1S/C6H7N3S/c1-5(8-9-7)6-3-2-4-10-6/h2-5H,1H3. The SMILES string of the molecule is CC(N=[N+]=[N-])c1cccs1. The monoisotopic (exact) mass is 153 g/mol. The number of hydrogen-bond donors (Lipinski definition) is 0. The van der Waals surface area contributed by atoms with E-state index in [9.17, 15) is 0 Å². The Hall–Kier alpha value is -0.990. The van der Waals surface area contributed by atoms with E-state index < -0.39 is 0 Å². The van der Waals surface area contributed by atoms with Gasteiger partial charge in [0.1, 0.15) is 0 Å². The summed E-state index contributed by atoms with van der Waals surface area (Å²) in [5.41, 5.74) is 8.10. The Morgan fingerprint density at radius 1 is 1.80 bits per heavy atom. The van der Waals surface area contributed by atoms with Crippen molar-refractivity contribution in [2.75, 3.05) is 0 Å². The van der Waals surface area contributed by atoms with Crippen molar-refractivity contribution in [3.8, 4) is 0 Å². The lowest BCUT2D eigenvalue weighted by Crippen LogP contribution is -1.79. The molecule has 52 valence electrons. The van der Waals surface area contributed by atoms with Crippen LogP contribution in [-0.4, -0.2) is 0 Å². The molecular weight excluding hydrogens is 146 g/mol. The molecule has 1 aromatic rings. The predicted molar refractivity (Wildman–Crippen MR) is 41.9 cm³/mol. The molecular formula is C6H7N3S. The average Bonchev–Trinajstić information content (AvgIpc) is 2.38. The Labute approximate surface area is 62.9 Å². The van der Waals surface area contributed by atoms with E-state index in [0.717, 1.165) is 4.88 Å². The zero-order valence-corrected chi connectivity index (χ0v) is 6.38. The minimum absolute atomic E-state index is 0.0231. The lowest BCUT2D eigenvalue weighted by Gasteiger charge is -1.96. The molecule has 1 atom stereocenters. The Bertz CT molecular complexity index is 236. The topological polar surface area (TPSA) is 48.8 Å². The van der Waals surface area contributed by atoms with E-state index in [1.807, 2.05) is 24.4 Å². The summed E-state index contributed by atoms with van der Waals surface area (Å²) in [6, 6.07) is 3.89. The summed E-state index contributed by atoms with van der Waals surface area (Å²) in [5.74, 6) is 0. The van der Waals surface area contributed by atoms with E-state index in [1.165, 1.54) is 0 Å². The molecule has 1 unspecified atom stereocenters. The zero-order valence-electron chi connectivity index (χ0n) is 5.56. The maximum absolute atomic E-state index is 8.10. The molecule has 0 amide bonds. The molecule has 1 aromatic heterocycles. The summed E-state index contributed by atoms with van der Waals surface area (Å²) in [6.45, 7) is 1.88. The molecule has 0 aromatic carbocycles. The molecule has 0 bridgehead atoms. The Morgan fingerprint density at radius 3 is 3.10 bits per heavy atom. The fourth-order valence-corrected chi connectivity index (χ4v) is 1.38. The molecule has 0 spiro atoms. The summed E-state index contributed by atoms with van der Waals surface area (Å²) in [5, 5.41) is 5.53. The summed E-state index contributed by atoms with van der Waals surface area (Å²) in [4.78, 5) is 3.83. The van der Waals surface area contributed by atoms with Gasteiger partial charge in [0.05, 0.1) is 6.04 Å². The van der Waals surface area contributed by atoms with Crippen LogP contribution >= 0.6 is 11.3 Å². The Morgan fingerprint density at radius 2 is 2.60 bits per heavy atom. The largest absolute Gasteiger partial charge is 0.149 e. The lowest BCUT2D eigenvalue weighted by molar-refractivity contribution is 0.827. The second-order valence-electron chi connectivity index (χ2n) is 1.90. The van der Waals surface area contributed by atoms with Crippen molar-refractivity contribution in [3.05, 3.63) is 32.8 Å². The van der Waals surface area contributed by atoms with Gasteiger partial charge >= 0.3 is 0 Å². The first-order valence-corrected chi connectivity index (χ1v) is 3.80. The van der Waals surface area contributed by atoms with Crippen LogP contribution in [0.5, 0.6) is 0 Å². The van der Waals surface area contributed by atoms with Gasteiger partial charge in [-0.05, 0) is 17.0 Å². The highest BCUT2D eigenvalue weighted by Gasteiger charge is 2.00. The van der Waals surface area contributed by atoms with Crippen molar-refractivity contribution in [2.24, 2.45) is 5.11 Å². The number of hydrogen-bond acceptors (Lipinski definition) is 2. The highest BCUT2D eigenvalue weighted by molar-refractivity contribution is 7.10. The second-order valence-corrected chi connectivity index (χ2v) is 2.88. The molecule has 0 N–H and O–H groups in total. The summed E-state index contributed by atoms with van der Waals surface area (Å²) in [7, 11) is 0. The van der Waals surface area contributed by atoms with Crippen LogP contribution < -0.4 is 0 Å². The Balaban J connectivity index is 2.76. The molecule has 10 heavy (non-hydrogen) atoms. The minimum atomic E-state index is -0.0231. The average molecular weight is 153 g/mol. The minimum Gasteiger partial charge on any atom is -0.149 e. The van der Waals surface area contributed by atoms with Crippen molar-refractivity contribution in [3.63, 3.8) is 0 Å². The van der Waals surface area contributed by atoms with Crippen molar-refractivity contribution in [2.45, 2.75) is 13.0 Å². The Kier molecular flexibility index (Phi) is 2.31. The molecule has 1 rings (SSSR count). The molecule has 0 aliphatic rings. The fourth-order valence-electron chi connectivity index (χ4n) is 0.663. The van der Waals surface area contributed by atoms with Gasteiger partial charge in [-0.3, -0.25) is 0 Å². The second kappa shape index (κ2) is 3.25. The smallest absolute Gasteiger partial charge is 0.0690 e. The first-order valence-electron chi connectivity index (χ1n) is 2.92. The molecule has 1 heterocycles. The number of nitrogens with zero attached hydrogens (tertiary/aromatic N) is 3. The number of azide groups is 1. The summed E-state index contributed by atoms with van der Waals surface area (Å²) >= 11 is 1.61. The van der Waals surface area contributed by atoms with E-state index in [4.69, 9.17) is 5.53 Å². The third-order valence-electron chi connectivity index (χ3n) is 1.18. The molecule has 0 fully saturated rings. The molecule has 0 saturated carbocycles. The predicted octanol–water partition coefficient (Wildman–Crippen LogP) is 3.12. The van der Waals surface area contributed by atoms with E-state index >= 15 is 0 Å². The van der Waals surface area contributed by atoms with E-state index in [1.54, 1.807) is 11.3 Å². The molecule has 0 saturated heterocycles. The number of thiophene rings is 1. The first kappa shape index (κ1) is 7.12. The van der Waals surface area contributed by atoms with Crippen LogP contribution in [0.2, 0.25) is 0 Å². The highest BCUT2D eigenvalue weighted by atomic mass is 32.1. The number of rotatable bonds is 2. The van der Waals surface area contributed by atoms with Crippen LogP contribution in [-0.2, 0) is 0 Å². The van der Waals surface area contributed by atoms with Crippen LogP contribution in [0.25, 0.3) is 10.4 Å². The normalized spacial score (nSPS) is 12.1. The third kappa shape index (κ3) is 1.50. The van der Waals surface area contributed by atoms with Gasteiger partial charge in [0, 0.05) is 9.79 Å². The van der Waals surface area contributed by atoms with E-state index in [0.29, 0.717) is 0 Å². The van der Waals surface area contributed by atoms with E-state index in [2.05, 4.69) is 10.0 Å². The molecule has 0 aliphatic heterocycles. The van der Waals surface area contributed by atoms with E-state index in [-0.39, 0.29) is 6.04 Å². The van der Waals surface area contributed by atoms with Crippen LogP contribution in [0.1, 0.15) is 17.8 Å². The summed E-state index contributed by atoms with van der Waals surface area (Å²) in [6.07, 6.45) is 0. The van der Waals surface area contributed by atoms with Crippen molar-refractivity contribution < 1.29 is 0 Å². The van der Waals surface area contributed by atoms with Crippen molar-refractivity contribution >= 4 is 11.3 Å². The first-order chi connectivity index (χ1) is 4.84. The highest BCUT2D eigenvalue weighted by Crippen LogP contribution is 2.21. The van der Waals surface area contributed by atoms with Crippen LogP contribution in [0.15, 0.2) is 22.6 Å². The van der Waals surface area contributed by atoms with Gasteiger partial charge in [-0.1, -0.05) is 18.1 Å². The fraction of sp³-hybridized carbons (Fsp3) is 0.333. The maximum Gasteiger partial charge on any atom is 0.0690 e. The van der Waals surface area contributed by atoms with Crippen LogP contribution in [0, 0.1) is 0 Å². The molecule has 4 heteroatoms. The zero-order chi connectivity index (χ0) is 7.40. The van der Waals surface area contributed by atoms with Gasteiger partial charge in [0.25, 0.3) is 0 Å². The van der Waals surface area contributed by atoms with Crippen molar-refractivity contribution in [1.82, 2.24) is 0 Å².